The predicted octanol–water partition coefficient (Wildman–Crippen LogP) is 2.04. The standard InChI is InChI=1S/C18H22N2O4/c1-12(2)24-14-4-3-13-6-8-19-17(15(13)9-14)23-11-18(10-21)7-5-16(22)20-18/h3-4,6,8-9,12,21H,5,7,10-11H2,1-2H3,(H,20,22)/t18-/m1/s1. The summed E-state index contributed by atoms with van der Waals surface area (Å²) < 4.78 is 11.6. The number of rotatable bonds is 6. The fraction of sp³-hybridized carbons (Fsp3) is 0.444. The summed E-state index contributed by atoms with van der Waals surface area (Å²) in [6.07, 6.45) is 2.71. The van der Waals surface area contributed by atoms with Crippen LogP contribution in [0.1, 0.15) is 26.7 Å². The summed E-state index contributed by atoms with van der Waals surface area (Å²) in [5, 5.41) is 14.3. The number of carbonyl (C=O) groups is 1. The quantitative estimate of drug-likeness (QED) is 0.847. The molecule has 0 spiro atoms. The fourth-order valence-corrected chi connectivity index (χ4v) is 2.83. The molecule has 1 fully saturated rings. The van der Waals surface area contributed by atoms with Gasteiger partial charge < -0.3 is 19.9 Å². The molecule has 1 aromatic heterocycles. The number of benzene rings is 1. The van der Waals surface area contributed by atoms with E-state index in [0.29, 0.717) is 18.7 Å². The van der Waals surface area contributed by atoms with Gasteiger partial charge in [-0.3, -0.25) is 4.79 Å². The van der Waals surface area contributed by atoms with E-state index in [2.05, 4.69) is 10.3 Å². The van der Waals surface area contributed by atoms with E-state index in [4.69, 9.17) is 9.47 Å². The number of aliphatic hydroxyl groups excluding tert-OH is 1. The Morgan fingerprint density at radius 1 is 1.38 bits per heavy atom. The number of nitrogens with zero attached hydrogens (tertiary/aromatic N) is 1. The number of hydrogen-bond donors (Lipinski definition) is 2. The van der Waals surface area contributed by atoms with E-state index in [-0.39, 0.29) is 25.2 Å². The lowest BCUT2D eigenvalue weighted by molar-refractivity contribution is -0.120. The van der Waals surface area contributed by atoms with E-state index in [9.17, 15) is 9.90 Å². The Bertz CT molecular complexity index is 747. The summed E-state index contributed by atoms with van der Waals surface area (Å²) in [5.41, 5.74) is -0.729. The van der Waals surface area contributed by atoms with Gasteiger partial charge in [-0.05, 0) is 43.9 Å². The highest BCUT2D eigenvalue weighted by molar-refractivity contribution is 5.88. The Hall–Kier alpha value is -2.34. The van der Waals surface area contributed by atoms with Crippen LogP contribution in [-0.4, -0.2) is 40.9 Å². The average Bonchev–Trinajstić information content (AvgIpc) is 2.94. The highest BCUT2D eigenvalue weighted by atomic mass is 16.5. The second-order valence-corrected chi connectivity index (χ2v) is 6.44. The maximum absolute atomic E-state index is 11.5. The normalized spacial score (nSPS) is 20.4. The number of aromatic nitrogens is 1. The van der Waals surface area contributed by atoms with Crippen LogP contribution in [-0.2, 0) is 4.79 Å². The molecule has 3 rings (SSSR count). The number of nitrogens with one attached hydrogen (secondary N) is 1. The van der Waals surface area contributed by atoms with Gasteiger partial charge in [0.05, 0.1) is 18.2 Å². The molecule has 0 bridgehead atoms. The zero-order valence-electron chi connectivity index (χ0n) is 13.9. The Kier molecular flexibility index (Phi) is 4.57. The van der Waals surface area contributed by atoms with Crippen LogP contribution in [0, 0.1) is 0 Å². The first kappa shape index (κ1) is 16.5. The second-order valence-electron chi connectivity index (χ2n) is 6.44. The van der Waals surface area contributed by atoms with Crippen molar-refractivity contribution in [1.82, 2.24) is 10.3 Å². The third kappa shape index (κ3) is 3.43. The topological polar surface area (TPSA) is 80.7 Å². The van der Waals surface area contributed by atoms with Crippen LogP contribution in [0.2, 0.25) is 0 Å². The van der Waals surface area contributed by atoms with Gasteiger partial charge in [-0.15, -0.1) is 0 Å². The number of fused-ring (bicyclic) bond motifs is 1. The zero-order chi connectivity index (χ0) is 17.2. The third-order valence-electron chi connectivity index (χ3n) is 4.10. The van der Waals surface area contributed by atoms with Gasteiger partial charge in [0.25, 0.3) is 0 Å². The monoisotopic (exact) mass is 330 g/mol. The van der Waals surface area contributed by atoms with Crippen molar-refractivity contribution in [2.24, 2.45) is 0 Å². The molecule has 2 N–H and O–H groups in total. The first-order valence-corrected chi connectivity index (χ1v) is 8.11. The smallest absolute Gasteiger partial charge is 0.221 e. The van der Waals surface area contributed by atoms with Gasteiger partial charge in [0.2, 0.25) is 11.8 Å². The lowest BCUT2D eigenvalue weighted by Crippen LogP contribution is -2.49. The van der Waals surface area contributed by atoms with Crippen LogP contribution < -0.4 is 14.8 Å². The molecule has 1 amide bonds. The molecule has 128 valence electrons. The molecule has 2 aromatic rings. The Morgan fingerprint density at radius 3 is 2.88 bits per heavy atom. The summed E-state index contributed by atoms with van der Waals surface area (Å²) in [4.78, 5) is 15.8. The lowest BCUT2D eigenvalue weighted by atomic mass is 10.0. The van der Waals surface area contributed by atoms with Crippen molar-refractivity contribution in [3.05, 3.63) is 30.5 Å². The lowest BCUT2D eigenvalue weighted by Gasteiger charge is -2.26. The molecular weight excluding hydrogens is 308 g/mol. The first-order valence-electron chi connectivity index (χ1n) is 8.11. The third-order valence-corrected chi connectivity index (χ3v) is 4.10. The highest BCUT2D eigenvalue weighted by Crippen LogP contribution is 2.29. The number of aliphatic hydroxyl groups is 1. The van der Waals surface area contributed by atoms with Crippen molar-refractivity contribution in [1.29, 1.82) is 0 Å². The fourth-order valence-electron chi connectivity index (χ4n) is 2.83. The summed E-state index contributed by atoms with van der Waals surface area (Å²) in [5.74, 6) is 1.16. The first-order chi connectivity index (χ1) is 11.5. The van der Waals surface area contributed by atoms with Crippen LogP contribution in [0.15, 0.2) is 30.5 Å². The van der Waals surface area contributed by atoms with Gasteiger partial charge >= 0.3 is 0 Å². The van der Waals surface area contributed by atoms with Crippen molar-refractivity contribution < 1.29 is 19.4 Å². The molecule has 0 saturated carbocycles. The summed E-state index contributed by atoms with van der Waals surface area (Å²) in [6, 6.07) is 7.68. The van der Waals surface area contributed by atoms with E-state index in [0.717, 1.165) is 16.5 Å². The average molecular weight is 330 g/mol. The molecule has 1 saturated heterocycles. The van der Waals surface area contributed by atoms with Gasteiger partial charge in [0, 0.05) is 18.0 Å². The number of hydrogen-bond acceptors (Lipinski definition) is 5. The maximum Gasteiger partial charge on any atom is 0.221 e. The van der Waals surface area contributed by atoms with Crippen molar-refractivity contribution in [2.45, 2.75) is 38.3 Å². The van der Waals surface area contributed by atoms with Gasteiger partial charge in [0.15, 0.2) is 0 Å². The number of pyridine rings is 1. The summed E-state index contributed by atoms with van der Waals surface area (Å²) >= 11 is 0. The van der Waals surface area contributed by atoms with Crippen LogP contribution in [0.4, 0.5) is 0 Å². The molecule has 2 heterocycles. The van der Waals surface area contributed by atoms with Crippen LogP contribution in [0.3, 0.4) is 0 Å². The number of ether oxygens (including phenoxy) is 2. The van der Waals surface area contributed by atoms with E-state index < -0.39 is 5.54 Å². The highest BCUT2D eigenvalue weighted by Gasteiger charge is 2.38. The molecular formula is C18H22N2O4. The predicted molar refractivity (Wildman–Crippen MR) is 90.2 cm³/mol. The van der Waals surface area contributed by atoms with Crippen molar-refractivity contribution >= 4 is 16.7 Å². The number of carbonyl (C=O) groups excluding carboxylic acids is 1. The molecule has 6 heteroatoms. The minimum atomic E-state index is -0.729. The van der Waals surface area contributed by atoms with Gasteiger partial charge in [-0.2, -0.15) is 0 Å². The molecule has 1 atom stereocenters. The number of amides is 1. The van der Waals surface area contributed by atoms with Crippen LogP contribution in [0.5, 0.6) is 11.6 Å². The molecule has 1 aromatic carbocycles. The maximum atomic E-state index is 11.5. The van der Waals surface area contributed by atoms with E-state index in [1.54, 1.807) is 6.20 Å². The van der Waals surface area contributed by atoms with Gasteiger partial charge in [0.1, 0.15) is 12.4 Å². The zero-order valence-corrected chi connectivity index (χ0v) is 13.9. The van der Waals surface area contributed by atoms with E-state index in [1.807, 2.05) is 38.1 Å². The Balaban J connectivity index is 1.84. The Labute approximate surface area is 140 Å². The van der Waals surface area contributed by atoms with Crippen molar-refractivity contribution in [2.75, 3.05) is 13.2 Å². The van der Waals surface area contributed by atoms with Crippen molar-refractivity contribution in [3.8, 4) is 11.6 Å². The minimum absolute atomic E-state index is 0.0638. The molecule has 0 aliphatic carbocycles. The molecule has 1 aliphatic rings. The SMILES string of the molecule is CC(C)Oc1ccc2ccnc(OC[C@]3(CO)CCC(=O)N3)c2c1. The van der Waals surface area contributed by atoms with Crippen molar-refractivity contribution in [3.63, 3.8) is 0 Å². The van der Waals surface area contributed by atoms with E-state index >= 15 is 0 Å². The van der Waals surface area contributed by atoms with Crippen LogP contribution >= 0.6 is 0 Å². The van der Waals surface area contributed by atoms with Gasteiger partial charge in [-0.25, -0.2) is 4.98 Å². The molecule has 1 aliphatic heterocycles. The minimum Gasteiger partial charge on any atom is -0.491 e. The van der Waals surface area contributed by atoms with Crippen LogP contribution in [0.25, 0.3) is 10.8 Å². The molecule has 0 unspecified atom stereocenters. The summed E-state index contributed by atoms with van der Waals surface area (Å²) in [7, 11) is 0. The molecule has 0 radical (unpaired) electrons. The Morgan fingerprint density at radius 2 is 2.21 bits per heavy atom. The second kappa shape index (κ2) is 6.65. The largest absolute Gasteiger partial charge is 0.491 e. The van der Waals surface area contributed by atoms with Gasteiger partial charge in [-0.1, -0.05) is 6.07 Å². The molecule has 24 heavy (non-hydrogen) atoms. The summed E-state index contributed by atoms with van der Waals surface area (Å²) in [6.45, 7) is 3.96. The molecule has 6 nitrogen and oxygen atoms in total. The van der Waals surface area contributed by atoms with E-state index in [1.165, 1.54) is 0 Å².